The van der Waals surface area contributed by atoms with Gasteiger partial charge >= 0.3 is 0 Å². The van der Waals surface area contributed by atoms with E-state index < -0.39 is 5.91 Å². The van der Waals surface area contributed by atoms with Crippen molar-refractivity contribution in [3.05, 3.63) is 65.9 Å². The van der Waals surface area contributed by atoms with Gasteiger partial charge in [0.2, 0.25) is 0 Å². The third kappa shape index (κ3) is 4.37. The Kier molecular flexibility index (Phi) is 5.98. The Morgan fingerprint density at radius 3 is 2.50 bits per heavy atom. The van der Waals surface area contributed by atoms with Crippen LogP contribution in [0, 0.1) is 18.3 Å². The third-order valence-corrected chi connectivity index (χ3v) is 3.32. The number of anilines is 2. The van der Waals surface area contributed by atoms with Crippen molar-refractivity contribution in [2.45, 2.75) is 13.8 Å². The van der Waals surface area contributed by atoms with Gasteiger partial charge in [-0.1, -0.05) is 30.3 Å². The van der Waals surface area contributed by atoms with Gasteiger partial charge in [-0.2, -0.15) is 5.26 Å². The molecule has 5 heteroatoms. The number of ether oxygens (including phenoxy) is 1. The zero-order valence-corrected chi connectivity index (χ0v) is 13.7. The van der Waals surface area contributed by atoms with Crippen molar-refractivity contribution in [3.63, 3.8) is 0 Å². The lowest BCUT2D eigenvalue weighted by atomic mass is 10.2. The highest BCUT2D eigenvalue weighted by Crippen LogP contribution is 2.24. The highest BCUT2D eigenvalue weighted by atomic mass is 16.5. The number of carbonyl (C=O) groups excluding carboxylic acids is 1. The summed E-state index contributed by atoms with van der Waals surface area (Å²) in [7, 11) is 0. The zero-order valence-electron chi connectivity index (χ0n) is 13.7. The molecule has 0 aliphatic carbocycles. The van der Waals surface area contributed by atoms with Gasteiger partial charge in [0, 0.05) is 11.9 Å². The van der Waals surface area contributed by atoms with Gasteiger partial charge in [0.25, 0.3) is 5.91 Å². The van der Waals surface area contributed by atoms with Crippen molar-refractivity contribution in [3.8, 4) is 11.8 Å². The van der Waals surface area contributed by atoms with E-state index in [0.717, 1.165) is 5.56 Å². The molecule has 5 nitrogen and oxygen atoms in total. The van der Waals surface area contributed by atoms with Gasteiger partial charge in [0.05, 0.1) is 12.3 Å². The number of nitrogens with one attached hydrogen (secondary N) is 2. The molecule has 0 atom stereocenters. The second kappa shape index (κ2) is 8.39. The van der Waals surface area contributed by atoms with E-state index in [0.29, 0.717) is 23.7 Å². The molecule has 1 amide bonds. The summed E-state index contributed by atoms with van der Waals surface area (Å²) in [6.07, 6.45) is 1.38. The van der Waals surface area contributed by atoms with Gasteiger partial charge in [-0.3, -0.25) is 4.79 Å². The van der Waals surface area contributed by atoms with E-state index in [4.69, 9.17) is 4.74 Å². The maximum absolute atomic E-state index is 12.3. The summed E-state index contributed by atoms with van der Waals surface area (Å²) in [4.78, 5) is 12.3. The van der Waals surface area contributed by atoms with Crippen LogP contribution in [0.2, 0.25) is 0 Å². The lowest BCUT2D eigenvalue weighted by Crippen LogP contribution is -2.15. The monoisotopic (exact) mass is 321 g/mol. The molecule has 2 N–H and O–H groups in total. The summed E-state index contributed by atoms with van der Waals surface area (Å²) in [6.45, 7) is 4.31. The summed E-state index contributed by atoms with van der Waals surface area (Å²) in [5.41, 5.74) is 2.27. The van der Waals surface area contributed by atoms with E-state index in [1.54, 1.807) is 6.07 Å². The van der Waals surface area contributed by atoms with Crippen LogP contribution in [0.3, 0.4) is 0 Å². The molecule has 0 unspecified atom stereocenters. The standard InChI is InChI=1S/C19H19N3O2/c1-3-24-18-11-7-6-10-17(18)21-13-15(12-20)19(23)22-16-9-5-4-8-14(16)2/h4-11,13,21H,3H2,1-2H3,(H,22,23)/b15-13-. The molecule has 0 saturated carbocycles. The number of aryl methyl sites for hydroxylation is 1. The summed E-state index contributed by atoms with van der Waals surface area (Å²) in [5.74, 6) is 0.195. The molecule has 2 aromatic rings. The van der Waals surface area contributed by atoms with Crippen LogP contribution in [0.15, 0.2) is 60.3 Å². The maximum Gasteiger partial charge on any atom is 0.267 e. The Labute approximate surface area is 141 Å². The largest absolute Gasteiger partial charge is 0.492 e. The molecular formula is C19H19N3O2. The molecule has 2 aromatic carbocycles. The molecule has 0 saturated heterocycles. The topological polar surface area (TPSA) is 74.1 Å². The Morgan fingerprint density at radius 1 is 1.17 bits per heavy atom. The minimum Gasteiger partial charge on any atom is -0.492 e. The maximum atomic E-state index is 12.3. The average molecular weight is 321 g/mol. The van der Waals surface area contributed by atoms with Crippen LogP contribution in [-0.4, -0.2) is 12.5 Å². The number of para-hydroxylation sites is 3. The highest BCUT2D eigenvalue weighted by molar-refractivity contribution is 6.07. The van der Waals surface area contributed by atoms with Gasteiger partial charge in [-0.05, 0) is 37.6 Å². The van der Waals surface area contributed by atoms with Gasteiger partial charge in [-0.25, -0.2) is 0 Å². The van der Waals surface area contributed by atoms with E-state index in [-0.39, 0.29) is 5.57 Å². The SMILES string of the molecule is CCOc1ccccc1N/C=C(/C#N)C(=O)Nc1ccccc1C. The molecule has 0 spiro atoms. The average Bonchev–Trinajstić information content (AvgIpc) is 2.59. The fourth-order valence-corrected chi connectivity index (χ4v) is 2.07. The third-order valence-electron chi connectivity index (χ3n) is 3.32. The predicted octanol–water partition coefficient (Wildman–Crippen LogP) is 3.85. The Balaban J connectivity index is 2.14. The second-order valence-corrected chi connectivity index (χ2v) is 5.01. The number of hydrogen-bond donors (Lipinski definition) is 2. The van der Waals surface area contributed by atoms with Gasteiger partial charge in [0.1, 0.15) is 17.4 Å². The number of rotatable bonds is 6. The summed E-state index contributed by atoms with van der Waals surface area (Å²) >= 11 is 0. The van der Waals surface area contributed by atoms with Crippen LogP contribution in [0.25, 0.3) is 0 Å². The smallest absolute Gasteiger partial charge is 0.267 e. The number of carbonyl (C=O) groups is 1. The minimum absolute atomic E-state index is 0.0236. The molecule has 0 radical (unpaired) electrons. The minimum atomic E-state index is -0.465. The lowest BCUT2D eigenvalue weighted by molar-refractivity contribution is -0.112. The first-order chi connectivity index (χ1) is 11.7. The molecule has 0 fully saturated rings. The Bertz CT molecular complexity index is 791. The van der Waals surface area contributed by atoms with Gasteiger partial charge < -0.3 is 15.4 Å². The van der Waals surface area contributed by atoms with Crippen molar-refractivity contribution in [2.24, 2.45) is 0 Å². The van der Waals surface area contributed by atoms with Crippen LogP contribution in [0.1, 0.15) is 12.5 Å². The van der Waals surface area contributed by atoms with Crippen molar-refractivity contribution in [2.75, 3.05) is 17.2 Å². The fourth-order valence-electron chi connectivity index (χ4n) is 2.07. The van der Waals surface area contributed by atoms with Crippen LogP contribution >= 0.6 is 0 Å². The number of benzene rings is 2. The first-order valence-corrected chi connectivity index (χ1v) is 7.61. The Morgan fingerprint density at radius 2 is 1.83 bits per heavy atom. The van der Waals surface area contributed by atoms with E-state index in [1.165, 1.54) is 6.20 Å². The van der Waals surface area contributed by atoms with Crippen LogP contribution in [0.4, 0.5) is 11.4 Å². The number of nitriles is 1. The molecule has 0 heterocycles. The first kappa shape index (κ1) is 17.1. The van der Waals surface area contributed by atoms with Crippen LogP contribution in [0.5, 0.6) is 5.75 Å². The number of hydrogen-bond acceptors (Lipinski definition) is 4. The summed E-state index contributed by atoms with van der Waals surface area (Å²) in [5, 5.41) is 14.9. The van der Waals surface area contributed by atoms with E-state index in [1.807, 2.05) is 62.4 Å². The van der Waals surface area contributed by atoms with Crippen LogP contribution < -0.4 is 15.4 Å². The van der Waals surface area contributed by atoms with E-state index in [2.05, 4.69) is 10.6 Å². The molecule has 24 heavy (non-hydrogen) atoms. The summed E-state index contributed by atoms with van der Waals surface area (Å²) < 4.78 is 5.50. The van der Waals surface area contributed by atoms with Crippen molar-refractivity contribution >= 4 is 17.3 Å². The highest BCUT2D eigenvalue weighted by Gasteiger charge is 2.11. The quantitative estimate of drug-likeness (QED) is 0.626. The van der Waals surface area contributed by atoms with E-state index >= 15 is 0 Å². The number of amides is 1. The predicted molar refractivity (Wildman–Crippen MR) is 94.7 cm³/mol. The van der Waals surface area contributed by atoms with E-state index in [9.17, 15) is 10.1 Å². The normalized spacial score (nSPS) is 10.6. The van der Waals surface area contributed by atoms with Gasteiger partial charge in [-0.15, -0.1) is 0 Å². The Hall–Kier alpha value is -3.26. The first-order valence-electron chi connectivity index (χ1n) is 7.61. The summed E-state index contributed by atoms with van der Waals surface area (Å²) in [6, 6.07) is 16.6. The van der Waals surface area contributed by atoms with Crippen LogP contribution in [-0.2, 0) is 4.79 Å². The molecule has 0 aliphatic heterocycles. The molecular weight excluding hydrogens is 302 g/mol. The van der Waals surface area contributed by atoms with Crippen molar-refractivity contribution in [1.29, 1.82) is 5.26 Å². The fraction of sp³-hybridized carbons (Fsp3) is 0.158. The second-order valence-electron chi connectivity index (χ2n) is 5.01. The zero-order chi connectivity index (χ0) is 17.4. The molecule has 0 bridgehead atoms. The molecule has 0 aromatic heterocycles. The lowest BCUT2D eigenvalue weighted by Gasteiger charge is -2.10. The number of nitrogens with zero attached hydrogens (tertiary/aromatic N) is 1. The molecule has 122 valence electrons. The van der Waals surface area contributed by atoms with Crippen molar-refractivity contribution in [1.82, 2.24) is 0 Å². The van der Waals surface area contributed by atoms with Gasteiger partial charge in [0.15, 0.2) is 0 Å². The van der Waals surface area contributed by atoms with Crippen molar-refractivity contribution < 1.29 is 9.53 Å². The molecule has 0 aliphatic rings. The molecule has 2 rings (SSSR count).